The van der Waals surface area contributed by atoms with Crippen LogP contribution in [0.2, 0.25) is 0 Å². The largest absolute Gasteiger partial charge is 0.494 e. The van der Waals surface area contributed by atoms with Gasteiger partial charge in [-0.1, -0.05) is 32.8 Å². The van der Waals surface area contributed by atoms with Gasteiger partial charge in [0.05, 0.1) is 7.11 Å². The number of ether oxygens (including phenoxy) is 1. The van der Waals surface area contributed by atoms with E-state index in [1.54, 1.807) is 12.3 Å². The number of hydrogen-bond donors (Lipinski definition) is 1. The van der Waals surface area contributed by atoms with Gasteiger partial charge in [-0.3, -0.25) is 0 Å². The number of hydrogen-bond acceptors (Lipinski definition) is 3. The van der Waals surface area contributed by atoms with Crippen molar-refractivity contribution in [2.24, 2.45) is 5.92 Å². The Bertz CT molecular complexity index is 612. The van der Waals surface area contributed by atoms with Crippen LogP contribution in [0.4, 0.5) is 10.2 Å². The molecule has 1 heterocycles. The zero-order chi connectivity index (χ0) is 15.9. The van der Waals surface area contributed by atoms with E-state index in [4.69, 9.17) is 4.74 Å². The predicted octanol–water partition coefficient (Wildman–Crippen LogP) is 4.74. The number of aromatic nitrogens is 1. The maximum Gasteiger partial charge on any atom is 0.165 e. The van der Waals surface area contributed by atoms with E-state index < -0.39 is 0 Å². The lowest BCUT2D eigenvalue weighted by Crippen LogP contribution is -2.13. The fraction of sp³-hybridized carbons (Fsp3) is 0.389. The smallest absolute Gasteiger partial charge is 0.165 e. The molecule has 3 nitrogen and oxygen atoms in total. The van der Waals surface area contributed by atoms with Gasteiger partial charge < -0.3 is 10.1 Å². The topological polar surface area (TPSA) is 34.1 Å². The van der Waals surface area contributed by atoms with Crippen molar-refractivity contribution in [2.45, 2.75) is 26.7 Å². The molecular weight excluding hydrogens is 279 g/mol. The minimum atomic E-state index is -0.358. The van der Waals surface area contributed by atoms with Gasteiger partial charge in [0.2, 0.25) is 0 Å². The lowest BCUT2D eigenvalue weighted by molar-refractivity contribution is 0.386. The lowest BCUT2D eigenvalue weighted by Gasteiger charge is -2.14. The summed E-state index contributed by atoms with van der Waals surface area (Å²) in [6.07, 6.45) is 4.03. The lowest BCUT2D eigenvalue weighted by atomic mass is 10.0. The molecule has 22 heavy (non-hydrogen) atoms. The molecule has 0 aliphatic carbocycles. The first-order valence-corrected chi connectivity index (χ1v) is 7.71. The molecule has 0 saturated carbocycles. The van der Waals surface area contributed by atoms with E-state index in [1.807, 2.05) is 18.2 Å². The van der Waals surface area contributed by atoms with Crippen molar-refractivity contribution in [3.8, 4) is 16.9 Å². The molecule has 0 unspecified atom stereocenters. The fourth-order valence-corrected chi connectivity index (χ4v) is 2.38. The molecule has 0 amide bonds. The third-order valence-electron chi connectivity index (χ3n) is 3.97. The van der Waals surface area contributed by atoms with Gasteiger partial charge in [-0.15, -0.1) is 0 Å². The summed E-state index contributed by atoms with van der Waals surface area (Å²) in [5, 5.41) is 3.36. The van der Waals surface area contributed by atoms with E-state index in [1.165, 1.54) is 13.2 Å². The normalized spacial score (nSPS) is 10.8. The number of nitrogens with zero attached hydrogens (tertiary/aromatic N) is 1. The maximum absolute atomic E-state index is 13.8. The predicted molar refractivity (Wildman–Crippen MR) is 88.7 cm³/mol. The second kappa shape index (κ2) is 7.78. The van der Waals surface area contributed by atoms with Crippen molar-refractivity contribution in [3.63, 3.8) is 0 Å². The van der Waals surface area contributed by atoms with Gasteiger partial charge in [0, 0.05) is 12.7 Å². The summed E-state index contributed by atoms with van der Waals surface area (Å²) in [6.45, 7) is 5.29. The molecule has 0 fully saturated rings. The molecule has 1 aromatic carbocycles. The minimum absolute atomic E-state index is 0.255. The first kappa shape index (κ1) is 16.3. The van der Waals surface area contributed by atoms with Crippen LogP contribution in [0.5, 0.6) is 5.75 Å². The van der Waals surface area contributed by atoms with Crippen LogP contribution in [0.1, 0.15) is 26.7 Å². The van der Waals surface area contributed by atoms with Crippen LogP contribution in [0.15, 0.2) is 36.5 Å². The fourth-order valence-electron chi connectivity index (χ4n) is 2.38. The average molecular weight is 302 g/mol. The molecule has 0 aliphatic heterocycles. The number of methoxy groups -OCH3 is 1. The first-order valence-electron chi connectivity index (χ1n) is 7.71. The third kappa shape index (κ3) is 3.97. The summed E-state index contributed by atoms with van der Waals surface area (Å²) in [6, 6.07) is 8.80. The molecule has 0 radical (unpaired) electrons. The van der Waals surface area contributed by atoms with E-state index in [2.05, 4.69) is 24.1 Å². The summed E-state index contributed by atoms with van der Waals surface area (Å²) in [7, 11) is 1.46. The van der Waals surface area contributed by atoms with E-state index in [9.17, 15) is 4.39 Å². The van der Waals surface area contributed by atoms with Gasteiger partial charge >= 0.3 is 0 Å². The molecule has 4 heteroatoms. The summed E-state index contributed by atoms with van der Waals surface area (Å²) in [4.78, 5) is 4.33. The molecular formula is C18H23FN2O. The van der Waals surface area contributed by atoms with E-state index in [0.29, 0.717) is 5.92 Å². The Morgan fingerprint density at radius 1 is 1.14 bits per heavy atom. The number of halogens is 1. The van der Waals surface area contributed by atoms with Gasteiger partial charge in [0.15, 0.2) is 11.6 Å². The monoisotopic (exact) mass is 302 g/mol. The van der Waals surface area contributed by atoms with Crippen LogP contribution >= 0.6 is 0 Å². The van der Waals surface area contributed by atoms with E-state index in [-0.39, 0.29) is 11.6 Å². The van der Waals surface area contributed by atoms with E-state index in [0.717, 1.165) is 36.3 Å². The highest BCUT2D eigenvalue weighted by molar-refractivity contribution is 5.67. The van der Waals surface area contributed by atoms with Crippen molar-refractivity contribution in [1.29, 1.82) is 0 Å². The van der Waals surface area contributed by atoms with Crippen LogP contribution in [-0.2, 0) is 0 Å². The van der Waals surface area contributed by atoms with Gasteiger partial charge in [0.1, 0.15) is 5.82 Å². The average Bonchev–Trinajstić information content (AvgIpc) is 2.56. The van der Waals surface area contributed by atoms with Gasteiger partial charge in [0.25, 0.3) is 0 Å². The molecule has 0 saturated heterocycles. The Labute approximate surface area is 131 Å². The van der Waals surface area contributed by atoms with Crippen LogP contribution in [0.25, 0.3) is 11.1 Å². The summed E-state index contributed by atoms with van der Waals surface area (Å²) in [5.74, 6) is 1.36. The highest BCUT2D eigenvalue weighted by Crippen LogP contribution is 2.26. The Morgan fingerprint density at radius 2 is 1.86 bits per heavy atom. The Kier molecular flexibility index (Phi) is 5.75. The van der Waals surface area contributed by atoms with Crippen molar-refractivity contribution in [1.82, 2.24) is 4.98 Å². The van der Waals surface area contributed by atoms with Crippen molar-refractivity contribution in [2.75, 3.05) is 19.0 Å². The van der Waals surface area contributed by atoms with Crippen molar-refractivity contribution in [3.05, 3.63) is 42.3 Å². The minimum Gasteiger partial charge on any atom is -0.494 e. The molecule has 1 aromatic heterocycles. The second-order valence-electron chi connectivity index (χ2n) is 5.34. The summed E-state index contributed by atoms with van der Waals surface area (Å²) in [5.41, 5.74) is 1.75. The Morgan fingerprint density at radius 3 is 2.50 bits per heavy atom. The number of rotatable bonds is 7. The zero-order valence-electron chi connectivity index (χ0n) is 13.4. The van der Waals surface area contributed by atoms with E-state index >= 15 is 0 Å². The SMILES string of the molecule is CCC(CC)CNc1cc(-c2ccc(OC)c(F)c2)ccn1. The van der Waals surface area contributed by atoms with Crippen LogP contribution in [0, 0.1) is 11.7 Å². The quantitative estimate of drug-likeness (QED) is 0.802. The van der Waals surface area contributed by atoms with Crippen LogP contribution in [0.3, 0.4) is 0 Å². The van der Waals surface area contributed by atoms with Gasteiger partial charge in [-0.2, -0.15) is 0 Å². The molecule has 1 N–H and O–H groups in total. The highest BCUT2D eigenvalue weighted by atomic mass is 19.1. The zero-order valence-corrected chi connectivity index (χ0v) is 13.4. The number of anilines is 1. The third-order valence-corrected chi connectivity index (χ3v) is 3.97. The Balaban J connectivity index is 2.16. The summed E-state index contributed by atoms with van der Waals surface area (Å²) < 4.78 is 18.8. The molecule has 2 aromatic rings. The molecule has 0 bridgehead atoms. The molecule has 0 atom stereocenters. The number of benzene rings is 1. The van der Waals surface area contributed by atoms with Gasteiger partial charge in [-0.05, 0) is 41.3 Å². The van der Waals surface area contributed by atoms with Crippen LogP contribution < -0.4 is 10.1 Å². The maximum atomic E-state index is 13.8. The molecule has 0 aliphatic rings. The standard InChI is InChI=1S/C18H23FN2O/c1-4-13(5-2)12-21-18-11-15(8-9-20-18)14-6-7-17(22-3)16(19)10-14/h6-11,13H,4-5,12H2,1-3H3,(H,20,21). The molecule has 0 spiro atoms. The first-order chi connectivity index (χ1) is 10.7. The highest BCUT2D eigenvalue weighted by Gasteiger charge is 2.07. The second-order valence-corrected chi connectivity index (χ2v) is 5.34. The number of pyridine rings is 1. The van der Waals surface area contributed by atoms with Crippen molar-refractivity contribution < 1.29 is 9.13 Å². The molecule has 2 rings (SSSR count). The van der Waals surface area contributed by atoms with Crippen molar-refractivity contribution >= 4 is 5.82 Å². The Hall–Kier alpha value is -2.10. The molecule has 118 valence electrons. The summed E-state index contributed by atoms with van der Waals surface area (Å²) >= 11 is 0. The van der Waals surface area contributed by atoms with Crippen LogP contribution in [-0.4, -0.2) is 18.6 Å². The number of nitrogens with one attached hydrogen (secondary N) is 1. The van der Waals surface area contributed by atoms with Gasteiger partial charge in [-0.25, -0.2) is 9.37 Å².